The average molecular weight is 284 g/mol. The molecule has 1 aromatic rings. The van der Waals surface area contributed by atoms with Crippen LogP contribution in [0.25, 0.3) is 0 Å². The van der Waals surface area contributed by atoms with Crippen LogP contribution in [0.5, 0.6) is 0 Å². The average Bonchev–Trinajstić information content (AvgIpc) is 2.80. The molecule has 1 aliphatic rings. The van der Waals surface area contributed by atoms with Crippen molar-refractivity contribution in [3.63, 3.8) is 0 Å². The molecule has 0 saturated carbocycles. The van der Waals surface area contributed by atoms with Gasteiger partial charge in [0.2, 0.25) is 5.91 Å². The van der Waals surface area contributed by atoms with E-state index in [1.807, 2.05) is 4.90 Å². The third kappa shape index (κ3) is 3.32. The number of carbonyl (C=O) groups is 1. The number of hydrogen-bond donors (Lipinski definition) is 2. The fraction of sp³-hybridized carbons (Fsp3) is 0.500. The van der Waals surface area contributed by atoms with Gasteiger partial charge in [-0.15, -0.1) is 0 Å². The van der Waals surface area contributed by atoms with Gasteiger partial charge >= 0.3 is 0 Å². The molecule has 6 heteroatoms. The lowest BCUT2D eigenvalue weighted by Gasteiger charge is -2.24. The lowest BCUT2D eigenvalue weighted by Crippen LogP contribution is -2.30. The van der Waals surface area contributed by atoms with Crippen LogP contribution in [0, 0.1) is 11.6 Å². The summed E-state index contributed by atoms with van der Waals surface area (Å²) >= 11 is 0. The summed E-state index contributed by atoms with van der Waals surface area (Å²) < 4.78 is 26.3. The normalized spacial score (nSPS) is 23.0. The van der Waals surface area contributed by atoms with E-state index in [-0.39, 0.29) is 11.9 Å². The zero-order chi connectivity index (χ0) is 14.7. The Hall–Kier alpha value is -1.53. The minimum Gasteiger partial charge on any atom is -0.392 e. The molecule has 1 heterocycles. The zero-order valence-electron chi connectivity index (χ0n) is 11.3. The van der Waals surface area contributed by atoms with Crippen LogP contribution >= 0.6 is 0 Å². The second-order valence-electron chi connectivity index (χ2n) is 5.00. The predicted octanol–water partition coefficient (Wildman–Crippen LogP) is 1.21. The Labute approximate surface area is 116 Å². The standard InChI is InChI=1S/C14H18F2N2O2/c1-17-14(20)4-5-18-8-10(19)7-13(18)9-2-3-11(15)12(16)6-9/h2-3,6,10,13,19H,4-5,7-8H2,1H3,(H,17,20)/t10-,13-/m1/s1. The van der Waals surface area contributed by atoms with Crippen LogP contribution in [0.1, 0.15) is 24.4 Å². The van der Waals surface area contributed by atoms with E-state index in [9.17, 15) is 18.7 Å². The summed E-state index contributed by atoms with van der Waals surface area (Å²) in [7, 11) is 1.56. The molecular weight excluding hydrogens is 266 g/mol. The summed E-state index contributed by atoms with van der Waals surface area (Å²) in [6.45, 7) is 0.904. The fourth-order valence-electron chi connectivity index (χ4n) is 2.56. The number of hydrogen-bond acceptors (Lipinski definition) is 3. The van der Waals surface area contributed by atoms with Crippen LogP contribution in [-0.2, 0) is 4.79 Å². The monoisotopic (exact) mass is 284 g/mol. The molecule has 0 aliphatic carbocycles. The van der Waals surface area contributed by atoms with Gasteiger partial charge in [0.05, 0.1) is 6.10 Å². The molecule has 110 valence electrons. The van der Waals surface area contributed by atoms with Crippen LogP contribution in [0.3, 0.4) is 0 Å². The van der Waals surface area contributed by atoms with E-state index in [1.54, 1.807) is 7.05 Å². The van der Waals surface area contributed by atoms with Crippen molar-refractivity contribution in [3.8, 4) is 0 Å². The molecule has 0 radical (unpaired) electrons. The quantitative estimate of drug-likeness (QED) is 0.874. The smallest absolute Gasteiger partial charge is 0.221 e. The summed E-state index contributed by atoms with van der Waals surface area (Å²) in [5.74, 6) is -1.87. The van der Waals surface area contributed by atoms with Gasteiger partial charge in [-0.05, 0) is 24.1 Å². The molecule has 0 bridgehead atoms. The number of aliphatic hydroxyl groups is 1. The third-order valence-corrected chi connectivity index (χ3v) is 3.61. The molecule has 4 nitrogen and oxygen atoms in total. The molecule has 1 amide bonds. The van der Waals surface area contributed by atoms with Gasteiger partial charge in [0, 0.05) is 32.6 Å². The zero-order valence-corrected chi connectivity index (χ0v) is 11.3. The summed E-state index contributed by atoms with van der Waals surface area (Å²) in [6.07, 6.45) is 0.250. The number of halogens is 2. The number of benzene rings is 1. The summed E-state index contributed by atoms with van der Waals surface area (Å²) in [5, 5.41) is 12.3. The maximum Gasteiger partial charge on any atom is 0.221 e. The van der Waals surface area contributed by atoms with Crippen LogP contribution in [0.4, 0.5) is 8.78 Å². The Morgan fingerprint density at radius 2 is 2.20 bits per heavy atom. The number of β-amino-alcohol motifs (C(OH)–C–C–N with tert-alkyl or cyclic N) is 1. The molecule has 0 unspecified atom stereocenters. The van der Waals surface area contributed by atoms with Gasteiger partial charge < -0.3 is 10.4 Å². The van der Waals surface area contributed by atoms with Crippen molar-refractivity contribution in [1.29, 1.82) is 0 Å². The number of rotatable bonds is 4. The largest absolute Gasteiger partial charge is 0.392 e. The van der Waals surface area contributed by atoms with E-state index < -0.39 is 17.7 Å². The first-order valence-electron chi connectivity index (χ1n) is 6.59. The number of likely N-dealkylation sites (tertiary alicyclic amines) is 1. The maximum atomic E-state index is 13.3. The molecular formula is C14H18F2N2O2. The van der Waals surface area contributed by atoms with Crippen molar-refractivity contribution in [2.75, 3.05) is 20.1 Å². The molecule has 1 fully saturated rings. The first kappa shape index (κ1) is 14.9. The van der Waals surface area contributed by atoms with Gasteiger partial charge in [0.1, 0.15) is 0 Å². The van der Waals surface area contributed by atoms with Crippen LogP contribution in [-0.4, -0.2) is 42.2 Å². The van der Waals surface area contributed by atoms with Crippen molar-refractivity contribution >= 4 is 5.91 Å². The highest BCUT2D eigenvalue weighted by Gasteiger charge is 2.32. The van der Waals surface area contributed by atoms with Gasteiger partial charge in [-0.3, -0.25) is 9.69 Å². The van der Waals surface area contributed by atoms with Gasteiger partial charge in [-0.2, -0.15) is 0 Å². The lowest BCUT2D eigenvalue weighted by atomic mass is 10.0. The van der Waals surface area contributed by atoms with Crippen molar-refractivity contribution < 1.29 is 18.7 Å². The minimum absolute atomic E-state index is 0.0876. The predicted molar refractivity (Wildman–Crippen MR) is 70.0 cm³/mol. The summed E-state index contributed by atoms with van der Waals surface area (Å²) in [5.41, 5.74) is 0.623. The van der Waals surface area contributed by atoms with Crippen LogP contribution < -0.4 is 5.32 Å². The van der Waals surface area contributed by atoms with Crippen molar-refractivity contribution in [1.82, 2.24) is 10.2 Å². The lowest BCUT2D eigenvalue weighted by molar-refractivity contribution is -0.121. The van der Waals surface area contributed by atoms with Gasteiger partial charge in [0.25, 0.3) is 0 Å². The van der Waals surface area contributed by atoms with Crippen LogP contribution in [0.2, 0.25) is 0 Å². The van der Waals surface area contributed by atoms with Gasteiger partial charge in [-0.25, -0.2) is 8.78 Å². The maximum absolute atomic E-state index is 13.3. The Morgan fingerprint density at radius 3 is 2.85 bits per heavy atom. The number of amides is 1. The number of carbonyl (C=O) groups excluding carboxylic acids is 1. The van der Waals surface area contributed by atoms with Gasteiger partial charge in [0.15, 0.2) is 11.6 Å². The number of nitrogens with zero attached hydrogens (tertiary/aromatic N) is 1. The van der Waals surface area contributed by atoms with E-state index in [0.717, 1.165) is 12.1 Å². The highest BCUT2D eigenvalue weighted by Crippen LogP contribution is 2.32. The van der Waals surface area contributed by atoms with E-state index in [0.29, 0.717) is 31.5 Å². The second kappa shape index (κ2) is 6.28. The Balaban J connectivity index is 2.11. The molecule has 20 heavy (non-hydrogen) atoms. The van der Waals surface area contributed by atoms with E-state index in [1.165, 1.54) is 6.07 Å². The molecule has 1 aliphatic heterocycles. The fourth-order valence-corrected chi connectivity index (χ4v) is 2.56. The highest BCUT2D eigenvalue weighted by molar-refractivity contribution is 5.75. The van der Waals surface area contributed by atoms with Crippen molar-refractivity contribution in [3.05, 3.63) is 35.4 Å². The van der Waals surface area contributed by atoms with Gasteiger partial charge in [-0.1, -0.05) is 6.07 Å². The summed E-state index contributed by atoms with van der Waals surface area (Å²) in [6, 6.07) is 3.58. The molecule has 0 spiro atoms. The Bertz CT molecular complexity index is 496. The van der Waals surface area contributed by atoms with Crippen LogP contribution in [0.15, 0.2) is 18.2 Å². The first-order chi connectivity index (χ1) is 9.51. The van der Waals surface area contributed by atoms with E-state index >= 15 is 0 Å². The molecule has 2 atom stereocenters. The molecule has 1 aromatic carbocycles. The highest BCUT2D eigenvalue weighted by atomic mass is 19.2. The number of aliphatic hydroxyl groups excluding tert-OH is 1. The minimum atomic E-state index is -0.893. The number of nitrogens with one attached hydrogen (secondary N) is 1. The van der Waals surface area contributed by atoms with Crippen molar-refractivity contribution in [2.24, 2.45) is 0 Å². The van der Waals surface area contributed by atoms with E-state index in [2.05, 4.69) is 5.32 Å². The Morgan fingerprint density at radius 1 is 1.45 bits per heavy atom. The third-order valence-electron chi connectivity index (χ3n) is 3.61. The SMILES string of the molecule is CNC(=O)CCN1C[C@H](O)C[C@@H]1c1ccc(F)c(F)c1. The van der Waals surface area contributed by atoms with Crippen molar-refractivity contribution in [2.45, 2.75) is 25.0 Å². The summed E-state index contributed by atoms with van der Waals surface area (Å²) in [4.78, 5) is 13.2. The second-order valence-corrected chi connectivity index (χ2v) is 5.00. The molecule has 0 aromatic heterocycles. The first-order valence-corrected chi connectivity index (χ1v) is 6.59. The molecule has 2 N–H and O–H groups in total. The van der Waals surface area contributed by atoms with E-state index in [4.69, 9.17) is 0 Å². The Kier molecular flexibility index (Phi) is 4.67. The molecule has 1 saturated heterocycles. The topological polar surface area (TPSA) is 52.6 Å². The molecule has 2 rings (SSSR count).